The van der Waals surface area contributed by atoms with Crippen molar-refractivity contribution >= 4 is 12.0 Å². The van der Waals surface area contributed by atoms with Gasteiger partial charge in [-0.2, -0.15) is 0 Å². The molecule has 0 saturated heterocycles. The molecule has 1 aromatic carbocycles. The third-order valence-corrected chi connectivity index (χ3v) is 4.44. The van der Waals surface area contributed by atoms with Gasteiger partial charge in [0.2, 0.25) is 11.7 Å². The van der Waals surface area contributed by atoms with E-state index in [0.29, 0.717) is 36.1 Å². The average Bonchev–Trinajstić information content (AvgIpc) is 3.30. The summed E-state index contributed by atoms with van der Waals surface area (Å²) in [7, 11) is 4.65. The Morgan fingerprint density at radius 3 is 2.40 bits per heavy atom. The van der Waals surface area contributed by atoms with E-state index in [1.807, 2.05) is 18.2 Å². The fraction of sp³-hybridized carbons (Fsp3) is 0.217. The Balaban J connectivity index is 1.83. The maximum absolute atomic E-state index is 13.0. The third-order valence-electron chi connectivity index (χ3n) is 4.44. The van der Waals surface area contributed by atoms with E-state index in [-0.39, 0.29) is 5.91 Å². The van der Waals surface area contributed by atoms with Crippen LogP contribution in [0.25, 0.3) is 6.08 Å². The summed E-state index contributed by atoms with van der Waals surface area (Å²) in [6.45, 7) is 0.757. The standard InChI is InChI=1S/C23H24N2O5/c1-27-20-12-17(13-21(28-2)23(20)29-3)8-9-22(26)25(16-19-7-5-11-30-19)15-18-6-4-10-24-14-18/h4-14H,15-16H2,1-3H3. The number of aromatic nitrogens is 1. The van der Waals surface area contributed by atoms with Crippen molar-refractivity contribution in [3.05, 3.63) is 78.0 Å². The van der Waals surface area contributed by atoms with Gasteiger partial charge in [-0.1, -0.05) is 6.07 Å². The molecule has 2 heterocycles. The molecule has 7 heteroatoms. The van der Waals surface area contributed by atoms with Gasteiger partial charge in [0.05, 0.1) is 34.1 Å². The summed E-state index contributed by atoms with van der Waals surface area (Å²) in [6, 6.07) is 11.0. The summed E-state index contributed by atoms with van der Waals surface area (Å²) in [5.74, 6) is 2.08. The fourth-order valence-electron chi connectivity index (χ4n) is 2.98. The number of amides is 1. The molecule has 0 aliphatic rings. The first-order valence-corrected chi connectivity index (χ1v) is 9.33. The number of furan rings is 1. The van der Waals surface area contributed by atoms with Gasteiger partial charge in [0, 0.05) is 25.0 Å². The van der Waals surface area contributed by atoms with Gasteiger partial charge in [-0.15, -0.1) is 0 Å². The number of nitrogens with zero attached hydrogens (tertiary/aromatic N) is 2. The number of hydrogen-bond acceptors (Lipinski definition) is 6. The summed E-state index contributed by atoms with van der Waals surface area (Å²) in [5, 5.41) is 0. The van der Waals surface area contributed by atoms with Crippen molar-refractivity contribution in [3.8, 4) is 17.2 Å². The zero-order chi connectivity index (χ0) is 21.3. The fourth-order valence-corrected chi connectivity index (χ4v) is 2.98. The number of rotatable bonds is 9. The van der Waals surface area contributed by atoms with Crippen molar-refractivity contribution in [1.82, 2.24) is 9.88 Å². The number of methoxy groups -OCH3 is 3. The van der Waals surface area contributed by atoms with Gasteiger partial charge in [0.25, 0.3) is 0 Å². The maximum Gasteiger partial charge on any atom is 0.247 e. The monoisotopic (exact) mass is 408 g/mol. The number of benzene rings is 1. The second-order valence-electron chi connectivity index (χ2n) is 6.43. The molecule has 1 amide bonds. The van der Waals surface area contributed by atoms with Crippen molar-refractivity contribution in [2.24, 2.45) is 0 Å². The molecule has 0 fully saturated rings. The summed E-state index contributed by atoms with van der Waals surface area (Å²) in [5.41, 5.74) is 1.68. The SMILES string of the molecule is COc1cc(C=CC(=O)N(Cc2cccnc2)Cc2ccco2)cc(OC)c1OC. The van der Waals surface area contributed by atoms with Crippen molar-refractivity contribution in [1.29, 1.82) is 0 Å². The second kappa shape index (κ2) is 10.2. The van der Waals surface area contributed by atoms with E-state index in [1.54, 1.807) is 69.2 Å². The van der Waals surface area contributed by atoms with E-state index in [1.165, 1.54) is 6.08 Å². The lowest BCUT2D eigenvalue weighted by Crippen LogP contribution is -2.28. The highest BCUT2D eigenvalue weighted by Gasteiger charge is 2.15. The molecule has 0 atom stereocenters. The summed E-state index contributed by atoms with van der Waals surface area (Å²) in [6.07, 6.45) is 8.26. The Morgan fingerprint density at radius 1 is 1.07 bits per heavy atom. The van der Waals surface area contributed by atoms with Crippen LogP contribution in [0.4, 0.5) is 0 Å². The molecule has 2 aromatic heterocycles. The van der Waals surface area contributed by atoms with E-state index in [0.717, 1.165) is 11.1 Å². The van der Waals surface area contributed by atoms with Gasteiger partial charge in [0.15, 0.2) is 11.5 Å². The number of hydrogen-bond donors (Lipinski definition) is 0. The molecule has 0 aliphatic heterocycles. The molecule has 0 N–H and O–H groups in total. The number of carbonyl (C=O) groups is 1. The second-order valence-corrected chi connectivity index (χ2v) is 6.43. The van der Waals surface area contributed by atoms with Crippen LogP contribution in [0.15, 0.2) is 65.5 Å². The zero-order valence-electron chi connectivity index (χ0n) is 17.2. The molecular formula is C23H24N2O5. The third kappa shape index (κ3) is 5.20. The molecular weight excluding hydrogens is 384 g/mol. The van der Waals surface area contributed by atoms with Gasteiger partial charge in [0.1, 0.15) is 5.76 Å². The molecule has 0 spiro atoms. The summed E-state index contributed by atoms with van der Waals surface area (Å²) < 4.78 is 21.5. The van der Waals surface area contributed by atoms with Crippen LogP contribution in [-0.2, 0) is 17.9 Å². The predicted octanol–water partition coefficient (Wildman–Crippen LogP) is 3.94. The quantitative estimate of drug-likeness (QED) is 0.499. The topological polar surface area (TPSA) is 74.0 Å². The van der Waals surface area contributed by atoms with Crippen LogP contribution in [-0.4, -0.2) is 37.1 Å². The molecule has 7 nitrogen and oxygen atoms in total. The Morgan fingerprint density at radius 2 is 1.83 bits per heavy atom. The Labute approximate surface area is 175 Å². The molecule has 0 radical (unpaired) electrons. The average molecular weight is 408 g/mol. The minimum atomic E-state index is -0.163. The molecule has 0 saturated carbocycles. The van der Waals surface area contributed by atoms with E-state index in [2.05, 4.69) is 4.98 Å². The first-order chi connectivity index (χ1) is 14.6. The molecule has 30 heavy (non-hydrogen) atoms. The number of carbonyl (C=O) groups excluding carboxylic acids is 1. The first-order valence-electron chi connectivity index (χ1n) is 9.33. The van der Waals surface area contributed by atoms with Crippen LogP contribution in [0.3, 0.4) is 0 Å². The van der Waals surface area contributed by atoms with Crippen LogP contribution in [0.1, 0.15) is 16.9 Å². The lowest BCUT2D eigenvalue weighted by atomic mass is 10.1. The maximum atomic E-state index is 13.0. The van der Waals surface area contributed by atoms with Crippen LogP contribution >= 0.6 is 0 Å². The number of ether oxygens (including phenoxy) is 3. The summed E-state index contributed by atoms with van der Waals surface area (Å²) in [4.78, 5) is 18.8. The normalized spacial score (nSPS) is 10.8. The highest BCUT2D eigenvalue weighted by molar-refractivity contribution is 5.92. The van der Waals surface area contributed by atoms with Gasteiger partial charge in [-0.05, 0) is 47.5 Å². The van der Waals surface area contributed by atoms with E-state index >= 15 is 0 Å². The lowest BCUT2D eigenvalue weighted by Gasteiger charge is -2.20. The summed E-state index contributed by atoms with van der Waals surface area (Å²) >= 11 is 0. The van der Waals surface area contributed by atoms with Gasteiger partial charge in [-0.3, -0.25) is 9.78 Å². The molecule has 0 bridgehead atoms. The first kappa shape index (κ1) is 21.0. The van der Waals surface area contributed by atoms with Crippen LogP contribution < -0.4 is 14.2 Å². The van der Waals surface area contributed by atoms with Crippen LogP contribution in [0, 0.1) is 0 Å². The lowest BCUT2D eigenvalue weighted by molar-refractivity contribution is -0.127. The van der Waals surface area contributed by atoms with E-state index < -0.39 is 0 Å². The van der Waals surface area contributed by atoms with E-state index in [4.69, 9.17) is 18.6 Å². The zero-order valence-corrected chi connectivity index (χ0v) is 17.2. The van der Waals surface area contributed by atoms with Crippen LogP contribution in [0.5, 0.6) is 17.2 Å². The van der Waals surface area contributed by atoms with Crippen LogP contribution in [0.2, 0.25) is 0 Å². The van der Waals surface area contributed by atoms with Gasteiger partial charge >= 0.3 is 0 Å². The molecule has 156 valence electrons. The predicted molar refractivity (Wildman–Crippen MR) is 112 cm³/mol. The molecule has 0 unspecified atom stereocenters. The highest BCUT2D eigenvalue weighted by Crippen LogP contribution is 2.38. The number of pyridine rings is 1. The van der Waals surface area contributed by atoms with Crippen molar-refractivity contribution in [2.45, 2.75) is 13.1 Å². The van der Waals surface area contributed by atoms with Crippen molar-refractivity contribution in [3.63, 3.8) is 0 Å². The van der Waals surface area contributed by atoms with Gasteiger partial charge < -0.3 is 23.5 Å². The van der Waals surface area contributed by atoms with Crippen molar-refractivity contribution in [2.75, 3.05) is 21.3 Å². The molecule has 0 aliphatic carbocycles. The Bertz CT molecular complexity index is 959. The smallest absolute Gasteiger partial charge is 0.247 e. The van der Waals surface area contributed by atoms with Gasteiger partial charge in [-0.25, -0.2) is 0 Å². The minimum absolute atomic E-state index is 0.163. The minimum Gasteiger partial charge on any atom is -0.493 e. The highest BCUT2D eigenvalue weighted by atomic mass is 16.5. The largest absolute Gasteiger partial charge is 0.493 e. The Hall–Kier alpha value is -3.74. The molecule has 3 aromatic rings. The molecule has 3 rings (SSSR count). The van der Waals surface area contributed by atoms with E-state index in [9.17, 15) is 4.79 Å². The van der Waals surface area contributed by atoms with Crippen molar-refractivity contribution < 1.29 is 23.4 Å². The Kier molecular flexibility index (Phi) is 7.10.